The van der Waals surface area contributed by atoms with Crippen LogP contribution in [0.15, 0.2) is 0 Å². The SMILES string of the molecule is C#COC(=O)C(=O)C(=O)OC#C. The molecule has 0 saturated carbocycles. The first-order valence-electron chi connectivity index (χ1n) is 2.51. The van der Waals surface area contributed by atoms with Crippen molar-refractivity contribution in [2.24, 2.45) is 0 Å². The van der Waals surface area contributed by atoms with Gasteiger partial charge in [-0.3, -0.25) is 4.79 Å². The molecular formula is C7H2O5. The number of ketones is 1. The number of ether oxygens (including phenoxy) is 2. The van der Waals surface area contributed by atoms with Crippen LogP contribution in [0.4, 0.5) is 0 Å². The summed E-state index contributed by atoms with van der Waals surface area (Å²) in [5.74, 6) is -4.55. The maximum Gasteiger partial charge on any atom is 0.400 e. The quantitative estimate of drug-likeness (QED) is 0.223. The molecule has 0 heterocycles. The standard InChI is InChI=1S/C7H2O5/c1-3-11-6(9)5(8)7(10)12-4-2/h1-2H. The van der Waals surface area contributed by atoms with Crippen molar-refractivity contribution in [1.82, 2.24) is 0 Å². The lowest BCUT2D eigenvalue weighted by Crippen LogP contribution is -2.25. The van der Waals surface area contributed by atoms with Crippen LogP contribution in [-0.2, 0) is 23.9 Å². The molecule has 0 atom stereocenters. The zero-order valence-corrected chi connectivity index (χ0v) is 5.70. The summed E-state index contributed by atoms with van der Waals surface area (Å²) in [6, 6.07) is 0. The number of rotatable bonds is 2. The van der Waals surface area contributed by atoms with Gasteiger partial charge in [-0.05, 0) is 0 Å². The summed E-state index contributed by atoms with van der Waals surface area (Å²) in [4.78, 5) is 31.2. The van der Waals surface area contributed by atoms with Crippen LogP contribution >= 0.6 is 0 Å². The molecule has 5 nitrogen and oxygen atoms in total. The van der Waals surface area contributed by atoms with Gasteiger partial charge in [0, 0.05) is 0 Å². The highest BCUT2D eigenvalue weighted by Crippen LogP contribution is 1.83. The van der Waals surface area contributed by atoms with Gasteiger partial charge >= 0.3 is 17.7 Å². The van der Waals surface area contributed by atoms with Gasteiger partial charge in [-0.25, -0.2) is 9.59 Å². The molecule has 0 aliphatic carbocycles. The van der Waals surface area contributed by atoms with Gasteiger partial charge in [0.2, 0.25) is 0 Å². The Morgan fingerprint density at radius 1 is 0.917 bits per heavy atom. The molecule has 0 aromatic rings. The molecule has 0 fully saturated rings. The van der Waals surface area contributed by atoms with E-state index in [2.05, 4.69) is 22.3 Å². The van der Waals surface area contributed by atoms with Crippen LogP contribution in [0.1, 0.15) is 0 Å². The van der Waals surface area contributed by atoms with Crippen LogP contribution in [0.3, 0.4) is 0 Å². The summed E-state index contributed by atoms with van der Waals surface area (Å²) < 4.78 is 7.48. The van der Waals surface area contributed by atoms with Crippen LogP contribution in [0.5, 0.6) is 0 Å². The zero-order chi connectivity index (χ0) is 9.56. The van der Waals surface area contributed by atoms with E-state index >= 15 is 0 Å². The van der Waals surface area contributed by atoms with Gasteiger partial charge in [-0.2, -0.15) is 0 Å². The first kappa shape index (κ1) is 9.73. The number of hydrogen-bond acceptors (Lipinski definition) is 5. The van der Waals surface area contributed by atoms with E-state index in [9.17, 15) is 14.4 Å². The fraction of sp³-hybridized carbons (Fsp3) is 0. The maximum atomic E-state index is 10.5. The monoisotopic (exact) mass is 166 g/mol. The summed E-state index contributed by atoms with van der Waals surface area (Å²) in [7, 11) is 0. The second kappa shape index (κ2) is 4.53. The Hall–Kier alpha value is -2.27. The van der Waals surface area contributed by atoms with E-state index in [-0.39, 0.29) is 0 Å². The highest BCUT2D eigenvalue weighted by atomic mass is 16.6. The topological polar surface area (TPSA) is 69.7 Å². The van der Waals surface area contributed by atoms with Crippen LogP contribution in [0.2, 0.25) is 0 Å². The highest BCUT2D eigenvalue weighted by Gasteiger charge is 2.25. The third-order valence-electron chi connectivity index (χ3n) is 0.674. The second-order valence-electron chi connectivity index (χ2n) is 1.34. The second-order valence-corrected chi connectivity index (χ2v) is 1.34. The molecule has 0 N–H and O–H groups in total. The summed E-state index contributed by atoms with van der Waals surface area (Å²) in [5.41, 5.74) is 0. The lowest BCUT2D eigenvalue weighted by atomic mass is 10.4. The van der Waals surface area contributed by atoms with Crippen molar-refractivity contribution in [3.8, 4) is 25.1 Å². The van der Waals surface area contributed by atoms with E-state index in [1.807, 2.05) is 0 Å². The third-order valence-corrected chi connectivity index (χ3v) is 0.674. The Balaban J connectivity index is 4.24. The summed E-state index contributed by atoms with van der Waals surface area (Å²) >= 11 is 0. The number of hydrogen-bond donors (Lipinski definition) is 0. The average molecular weight is 166 g/mol. The van der Waals surface area contributed by atoms with Crippen molar-refractivity contribution >= 4 is 17.7 Å². The first-order chi connectivity index (χ1) is 5.63. The Bertz CT molecular complexity index is 271. The van der Waals surface area contributed by atoms with Crippen molar-refractivity contribution in [3.63, 3.8) is 0 Å². The van der Waals surface area contributed by atoms with Crippen LogP contribution < -0.4 is 0 Å². The molecule has 0 unspecified atom stereocenters. The van der Waals surface area contributed by atoms with E-state index in [1.165, 1.54) is 12.2 Å². The van der Waals surface area contributed by atoms with Gasteiger partial charge in [0.15, 0.2) is 0 Å². The molecule has 0 aliphatic heterocycles. The number of Topliss-reactive ketones (excluding diaryl/α,β-unsaturated/α-hetero) is 1. The predicted octanol–water partition coefficient (Wildman–Crippen LogP) is -1.18. The summed E-state index contributed by atoms with van der Waals surface area (Å²) in [6.07, 6.45) is 11.8. The van der Waals surface area contributed by atoms with Crippen molar-refractivity contribution in [2.45, 2.75) is 0 Å². The van der Waals surface area contributed by atoms with E-state index < -0.39 is 17.7 Å². The van der Waals surface area contributed by atoms with Gasteiger partial charge in [0.1, 0.15) is 12.2 Å². The molecule has 12 heavy (non-hydrogen) atoms. The fourth-order valence-corrected chi connectivity index (χ4v) is 0.283. The minimum atomic E-state index is -1.55. The molecule has 0 bridgehead atoms. The Labute approximate surface area is 67.6 Å². The largest absolute Gasteiger partial charge is 0.400 e. The molecule has 0 aliphatic rings. The summed E-state index contributed by atoms with van der Waals surface area (Å²) in [6.45, 7) is 0. The molecule has 60 valence electrons. The first-order valence-corrected chi connectivity index (χ1v) is 2.51. The van der Waals surface area contributed by atoms with Gasteiger partial charge in [0.25, 0.3) is 0 Å². The van der Waals surface area contributed by atoms with Gasteiger partial charge in [0.05, 0.1) is 0 Å². The molecule has 0 amide bonds. The fourth-order valence-electron chi connectivity index (χ4n) is 0.283. The number of esters is 2. The molecule has 0 rings (SSSR count). The molecule has 5 heteroatoms. The highest BCUT2D eigenvalue weighted by molar-refractivity contribution is 6.60. The Morgan fingerprint density at radius 3 is 1.50 bits per heavy atom. The molecule has 0 aromatic heterocycles. The minimum absolute atomic E-state index is 1.42. The van der Waals surface area contributed by atoms with Crippen molar-refractivity contribution in [1.29, 1.82) is 0 Å². The lowest BCUT2D eigenvalue weighted by Gasteiger charge is -1.91. The van der Waals surface area contributed by atoms with E-state index in [0.29, 0.717) is 0 Å². The van der Waals surface area contributed by atoms with Crippen LogP contribution in [-0.4, -0.2) is 17.7 Å². The Morgan fingerprint density at radius 2 is 1.25 bits per heavy atom. The van der Waals surface area contributed by atoms with Crippen molar-refractivity contribution < 1.29 is 23.9 Å². The molecule has 0 saturated heterocycles. The maximum absolute atomic E-state index is 10.5. The van der Waals surface area contributed by atoms with Gasteiger partial charge < -0.3 is 9.47 Å². The van der Waals surface area contributed by atoms with E-state index in [4.69, 9.17) is 0 Å². The third kappa shape index (κ3) is 2.54. The smallest absolute Gasteiger partial charge is 0.366 e. The van der Waals surface area contributed by atoms with Gasteiger partial charge in [-0.1, -0.05) is 12.8 Å². The molecule has 0 aromatic carbocycles. The number of terminal acetylenes is 2. The lowest BCUT2D eigenvalue weighted by molar-refractivity contribution is -0.158. The van der Waals surface area contributed by atoms with Gasteiger partial charge in [-0.15, -0.1) is 0 Å². The normalized spacial score (nSPS) is 7.17. The van der Waals surface area contributed by atoms with Crippen molar-refractivity contribution in [2.75, 3.05) is 0 Å². The average Bonchev–Trinajstić information content (AvgIpc) is 2.04. The van der Waals surface area contributed by atoms with Crippen molar-refractivity contribution in [3.05, 3.63) is 0 Å². The van der Waals surface area contributed by atoms with E-state index in [1.54, 1.807) is 0 Å². The number of carbonyl (C=O) groups is 3. The molecule has 0 spiro atoms. The zero-order valence-electron chi connectivity index (χ0n) is 5.70. The van der Waals surface area contributed by atoms with E-state index in [0.717, 1.165) is 0 Å². The minimum Gasteiger partial charge on any atom is -0.366 e. The number of carbonyl (C=O) groups excluding carboxylic acids is 3. The molecule has 0 radical (unpaired) electrons. The van der Waals surface area contributed by atoms with Crippen LogP contribution in [0.25, 0.3) is 0 Å². The summed E-state index contributed by atoms with van der Waals surface area (Å²) in [5, 5.41) is 0. The predicted molar refractivity (Wildman–Crippen MR) is 34.9 cm³/mol. The Kier molecular flexibility index (Phi) is 3.67. The molecular weight excluding hydrogens is 164 g/mol. The van der Waals surface area contributed by atoms with Crippen LogP contribution in [0, 0.1) is 25.1 Å².